The van der Waals surface area contributed by atoms with Crippen molar-refractivity contribution in [2.24, 2.45) is 0 Å². The fourth-order valence-corrected chi connectivity index (χ4v) is 3.75. The van der Waals surface area contributed by atoms with E-state index in [9.17, 15) is 0 Å². The standard InChI is InChI=1S/C13H26N2S/c1-16-11-5-9-15-10-8-14-12-13(15)6-3-2-4-7-13/h14H,2-12H2,1H3. The van der Waals surface area contributed by atoms with Crippen molar-refractivity contribution in [1.82, 2.24) is 10.2 Å². The van der Waals surface area contributed by atoms with Crippen molar-refractivity contribution in [3.63, 3.8) is 0 Å². The van der Waals surface area contributed by atoms with Gasteiger partial charge in [0.25, 0.3) is 0 Å². The van der Waals surface area contributed by atoms with Crippen LogP contribution in [0.25, 0.3) is 0 Å². The third-order valence-corrected chi connectivity index (χ3v) is 4.94. The Bertz CT molecular complexity index is 194. The highest BCUT2D eigenvalue weighted by molar-refractivity contribution is 7.98. The molecule has 0 unspecified atom stereocenters. The molecular weight excluding hydrogens is 216 g/mol. The van der Waals surface area contributed by atoms with Crippen LogP contribution < -0.4 is 5.32 Å². The summed E-state index contributed by atoms with van der Waals surface area (Å²) in [6.07, 6.45) is 10.8. The maximum Gasteiger partial charge on any atom is 0.0334 e. The van der Waals surface area contributed by atoms with Gasteiger partial charge in [0.05, 0.1) is 0 Å². The molecular formula is C13H26N2S. The van der Waals surface area contributed by atoms with Gasteiger partial charge >= 0.3 is 0 Å². The zero-order valence-corrected chi connectivity index (χ0v) is 11.5. The number of nitrogens with one attached hydrogen (secondary N) is 1. The second-order valence-corrected chi connectivity index (χ2v) is 6.28. The lowest BCUT2D eigenvalue weighted by atomic mass is 9.79. The smallest absolute Gasteiger partial charge is 0.0334 e. The molecule has 0 radical (unpaired) electrons. The Morgan fingerprint density at radius 3 is 2.81 bits per heavy atom. The molecule has 1 saturated heterocycles. The van der Waals surface area contributed by atoms with E-state index in [1.54, 1.807) is 0 Å². The molecule has 3 heteroatoms. The van der Waals surface area contributed by atoms with Crippen LogP contribution >= 0.6 is 11.8 Å². The van der Waals surface area contributed by atoms with Crippen molar-refractivity contribution in [2.45, 2.75) is 44.1 Å². The molecule has 0 aromatic heterocycles. The Balaban J connectivity index is 1.90. The molecule has 1 aliphatic heterocycles. The fraction of sp³-hybridized carbons (Fsp3) is 1.00. The molecule has 0 bridgehead atoms. The van der Waals surface area contributed by atoms with Crippen LogP contribution in [0.15, 0.2) is 0 Å². The predicted molar refractivity (Wildman–Crippen MR) is 73.3 cm³/mol. The van der Waals surface area contributed by atoms with Gasteiger partial charge in [0.1, 0.15) is 0 Å². The van der Waals surface area contributed by atoms with Gasteiger partial charge in [-0.3, -0.25) is 4.90 Å². The fourth-order valence-electron chi connectivity index (χ4n) is 3.34. The van der Waals surface area contributed by atoms with Gasteiger partial charge in [0, 0.05) is 25.2 Å². The lowest BCUT2D eigenvalue weighted by Gasteiger charge is -2.50. The van der Waals surface area contributed by atoms with Gasteiger partial charge < -0.3 is 5.32 Å². The lowest BCUT2D eigenvalue weighted by molar-refractivity contribution is 0.0281. The van der Waals surface area contributed by atoms with E-state index in [4.69, 9.17) is 0 Å². The van der Waals surface area contributed by atoms with Crippen molar-refractivity contribution in [3.8, 4) is 0 Å². The van der Waals surface area contributed by atoms with Crippen molar-refractivity contribution in [1.29, 1.82) is 0 Å². The minimum Gasteiger partial charge on any atom is -0.314 e. The van der Waals surface area contributed by atoms with Crippen LogP contribution in [0.1, 0.15) is 38.5 Å². The molecule has 1 spiro atoms. The summed E-state index contributed by atoms with van der Waals surface area (Å²) >= 11 is 1.98. The highest BCUT2D eigenvalue weighted by Gasteiger charge is 2.38. The Morgan fingerprint density at radius 1 is 1.25 bits per heavy atom. The van der Waals surface area contributed by atoms with Crippen LogP contribution in [0.4, 0.5) is 0 Å². The Labute approximate surface area is 105 Å². The molecule has 1 aliphatic carbocycles. The second kappa shape index (κ2) is 6.27. The van der Waals surface area contributed by atoms with E-state index in [2.05, 4.69) is 16.5 Å². The molecule has 1 N–H and O–H groups in total. The second-order valence-electron chi connectivity index (χ2n) is 5.30. The van der Waals surface area contributed by atoms with E-state index in [0.29, 0.717) is 5.54 Å². The van der Waals surface area contributed by atoms with Crippen LogP contribution in [-0.2, 0) is 0 Å². The number of hydrogen-bond donors (Lipinski definition) is 1. The zero-order chi connectivity index (χ0) is 11.3. The minimum absolute atomic E-state index is 0.537. The predicted octanol–water partition coefficient (Wildman–Crippen LogP) is 2.35. The van der Waals surface area contributed by atoms with Gasteiger partial charge in [-0.2, -0.15) is 11.8 Å². The summed E-state index contributed by atoms with van der Waals surface area (Å²) in [7, 11) is 0. The number of piperazine rings is 1. The van der Waals surface area contributed by atoms with Gasteiger partial charge in [0.15, 0.2) is 0 Å². The molecule has 0 atom stereocenters. The number of hydrogen-bond acceptors (Lipinski definition) is 3. The number of thioether (sulfide) groups is 1. The van der Waals surface area contributed by atoms with Gasteiger partial charge in [0.2, 0.25) is 0 Å². The Kier molecular flexibility index (Phi) is 4.98. The molecule has 1 heterocycles. The maximum absolute atomic E-state index is 3.62. The molecule has 2 rings (SSSR count). The molecule has 16 heavy (non-hydrogen) atoms. The molecule has 0 aromatic rings. The first kappa shape index (κ1) is 12.7. The van der Waals surface area contributed by atoms with Gasteiger partial charge in [-0.05, 0) is 37.8 Å². The Hall–Kier alpha value is 0.270. The summed E-state index contributed by atoms with van der Waals surface area (Å²) in [5, 5.41) is 3.62. The van der Waals surface area contributed by atoms with Crippen molar-refractivity contribution < 1.29 is 0 Å². The summed E-state index contributed by atoms with van der Waals surface area (Å²) < 4.78 is 0. The zero-order valence-electron chi connectivity index (χ0n) is 10.6. The third kappa shape index (κ3) is 2.93. The first-order valence-electron chi connectivity index (χ1n) is 6.82. The van der Waals surface area contributed by atoms with Crippen LogP contribution in [-0.4, -0.2) is 48.6 Å². The molecule has 2 nitrogen and oxygen atoms in total. The van der Waals surface area contributed by atoms with E-state index >= 15 is 0 Å². The molecule has 2 aliphatic rings. The highest BCUT2D eigenvalue weighted by Crippen LogP contribution is 2.34. The van der Waals surface area contributed by atoms with Crippen LogP contribution in [0.5, 0.6) is 0 Å². The van der Waals surface area contributed by atoms with E-state index in [-0.39, 0.29) is 0 Å². The van der Waals surface area contributed by atoms with Crippen LogP contribution in [0.2, 0.25) is 0 Å². The van der Waals surface area contributed by atoms with Crippen LogP contribution in [0, 0.1) is 0 Å². The van der Waals surface area contributed by atoms with Crippen molar-refractivity contribution in [2.75, 3.05) is 38.2 Å². The third-order valence-electron chi connectivity index (χ3n) is 4.24. The summed E-state index contributed by atoms with van der Waals surface area (Å²) in [5.41, 5.74) is 0.537. The minimum atomic E-state index is 0.537. The molecule has 1 saturated carbocycles. The van der Waals surface area contributed by atoms with Crippen molar-refractivity contribution >= 4 is 11.8 Å². The molecule has 0 amide bonds. The summed E-state index contributed by atoms with van der Waals surface area (Å²) in [5.74, 6) is 1.32. The maximum atomic E-state index is 3.62. The topological polar surface area (TPSA) is 15.3 Å². The average Bonchev–Trinajstić information content (AvgIpc) is 2.33. The SMILES string of the molecule is CSCCCN1CCNCC12CCCCC2. The van der Waals surface area contributed by atoms with E-state index in [1.807, 2.05) is 11.8 Å². The first-order chi connectivity index (χ1) is 7.87. The van der Waals surface area contributed by atoms with E-state index < -0.39 is 0 Å². The summed E-state index contributed by atoms with van der Waals surface area (Å²) in [6, 6.07) is 0. The molecule has 0 aromatic carbocycles. The highest BCUT2D eigenvalue weighted by atomic mass is 32.2. The quantitative estimate of drug-likeness (QED) is 0.762. The van der Waals surface area contributed by atoms with Crippen LogP contribution in [0.3, 0.4) is 0 Å². The largest absolute Gasteiger partial charge is 0.314 e. The summed E-state index contributed by atoms with van der Waals surface area (Å²) in [6.45, 7) is 5.03. The van der Waals surface area contributed by atoms with E-state index in [0.717, 1.165) is 0 Å². The lowest BCUT2D eigenvalue weighted by Crippen LogP contribution is -2.62. The number of rotatable bonds is 4. The molecule has 94 valence electrons. The van der Waals surface area contributed by atoms with Gasteiger partial charge in [-0.1, -0.05) is 19.3 Å². The normalized spacial score (nSPS) is 26.1. The monoisotopic (exact) mass is 242 g/mol. The summed E-state index contributed by atoms with van der Waals surface area (Å²) in [4.78, 5) is 2.80. The van der Waals surface area contributed by atoms with Gasteiger partial charge in [-0.15, -0.1) is 0 Å². The Morgan fingerprint density at radius 2 is 2.06 bits per heavy atom. The molecule has 2 fully saturated rings. The number of nitrogens with zero attached hydrogens (tertiary/aromatic N) is 1. The van der Waals surface area contributed by atoms with Gasteiger partial charge in [-0.25, -0.2) is 0 Å². The van der Waals surface area contributed by atoms with E-state index in [1.165, 1.54) is 70.5 Å². The average molecular weight is 242 g/mol. The first-order valence-corrected chi connectivity index (χ1v) is 8.21. The van der Waals surface area contributed by atoms with Crippen molar-refractivity contribution in [3.05, 3.63) is 0 Å².